The number of amidine groups is 1. The highest BCUT2D eigenvalue weighted by Gasteiger charge is 2.36. The van der Waals surface area contributed by atoms with Crippen molar-refractivity contribution in [1.29, 1.82) is 0 Å². The number of pyridine rings is 1. The van der Waals surface area contributed by atoms with E-state index in [1.54, 1.807) is 12.1 Å². The predicted molar refractivity (Wildman–Crippen MR) is 130 cm³/mol. The van der Waals surface area contributed by atoms with E-state index in [1.807, 2.05) is 20.8 Å². The van der Waals surface area contributed by atoms with Crippen LogP contribution in [-0.2, 0) is 28.2 Å². The third kappa shape index (κ3) is 4.55. The number of hydrogen-bond donors (Lipinski definition) is 3. The van der Waals surface area contributed by atoms with Crippen LogP contribution in [0.25, 0.3) is 0 Å². The molecule has 36 heavy (non-hydrogen) atoms. The third-order valence-electron chi connectivity index (χ3n) is 5.81. The summed E-state index contributed by atoms with van der Waals surface area (Å²) in [6.07, 6.45) is -4.69. The second-order valence-corrected chi connectivity index (χ2v) is 11.2. The Morgan fingerprint density at radius 1 is 1.08 bits per heavy atom. The summed E-state index contributed by atoms with van der Waals surface area (Å²) in [7, 11) is -4.26. The number of anilines is 3. The van der Waals surface area contributed by atoms with Gasteiger partial charge in [-0.05, 0) is 41.3 Å². The number of nitrogens with one attached hydrogen (secondary N) is 1. The first-order valence-corrected chi connectivity index (χ1v) is 12.3. The molecule has 0 amide bonds. The van der Waals surface area contributed by atoms with Gasteiger partial charge < -0.3 is 16.3 Å². The Morgan fingerprint density at radius 3 is 2.33 bits per heavy atom. The molecule has 12 heteroatoms. The normalized spacial score (nSPS) is 14.5. The molecule has 0 bridgehead atoms. The van der Waals surface area contributed by atoms with Gasteiger partial charge in [-0.15, -0.1) is 0 Å². The highest BCUT2D eigenvalue weighted by atomic mass is 32.2. The molecule has 0 saturated heterocycles. The van der Waals surface area contributed by atoms with Crippen molar-refractivity contribution in [2.24, 2.45) is 10.9 Å². The summed E-state index contributed by atoms with van der Waals surface area (Å²) in [6, 6.07) is 12.8. The lowest BCUT2D eigenvalue weighted by atomic mass is 9.87. The Kier molecular flexibility index (Phi) is 6.11. The minimum atomic E-state index is -4.69. The van der Waals surface area contributed by atoms with E-state index in [0.717, 1.165) is 15.9 Å². The highest BCUT2D eigenvalue weighted by Crippen LogP contribution is 2.41. The number of nitrogens with two attached hydrogens (primary N) is 1. The van der Waals surface area contributed by atoms with Crippen molar-refractivity contribution in [2.45, 2.75) is 43.8 Å². The zero-order valence-corrected chi connectivity index (χ0v) is 20.4. The van der Waals surface area contributed by atoms with Gasteiger partial charge in [0.15, 0.2) is 5.84 Å². The van der Waals surface area contributed by atoms with Crippen LogP contribution in [0.15, 0.2) is 64.6 Å². The van der Waals surface area contributed by atoms with Gasteiger partial charge in [0.05, 0.1) is 22.8 Å². The standard InChI is InChI=1S/C24H24F3N5O3S/c1-23(2,3)15-8-10-16(11-9-15)36(34,35)32-13-14-7-12-19(24(25,26)27)30-22(14)29-18-6-4-5-17(20(18)32)21(28)31-33/h4-12,33H,13H2,1-3H3,(H2,28,31)(H,29,30). The number of sulfonamides is 1. The van der Waals surface area contributed by atoms with Crippen LogP contribution in [0.5, 0.6) is 0 Å². The van der Waals surface area contributed by atoms with Crippen molar-refractivity contribution >= 4 is 33.1 Å². The lowest BCUT2D eigenvalue weighted by Gasteiger charge is -2.27. The molecular formula is C24H24F3N5O3S. The van der Waals surface area contributed by atoms with Crippen LogP contribution >= 0.6 is 0 Å². The topological polar surface area (TPSA) is 121 Å². The Bertz CT molecular complexity index is 1450. The maximum Gasteiger partial charge on any atom is 0.433 e. The second-order valence-electron chi connectivity index (χ2n) is 9.30. The van der Waals surface area contributed by atoms with Gasteiger partial charge in [0.1, 0.15) is 11.5 Å². The minimum Gasteiger partial charge on any atom is -0.409 e. The Labute approximate surface area is 206 Å². The summed E-state index contributed by atoms with van der Waals surface area (Å²) in [4.78, 5) is 3.67. The number of fused-ring (bicyclic) bond motifs is 2. The van der Waals surface area contributed by atoms with E-state index >= 15 is 0 Å². The molecule has 0 aliphatic carbocycles. The number of para-hydroxylation sites is 1. The first kappa shape index (κ1) is 25.3. The lowest BCUT2D eigenvalue weighted by molar-refractivity contribution is -0.141. The lowest BCUT2D eigenvalue weighted by Crippen LogP contribution is -2.32. The van der Waals surface area contributed by atoms with Gasteiger partial charge in [0.25, 0.3) is 10.0 Å². The molecule has 0 atom stereocenters. The number of rotatable bonds is 3. The molecule has 2 heterocycles. The van der Waals surface area contributed by atoms with Crippen molar-refractivity contribution in [1.82, 2.24) is 4.98 Å². The summed E-state index contributed by atoms with van der Waals surface area (Å²) in [6.45, 7) is 5.64. The number of nitrogens with zero attached hydrogens (tertiary/aromatic N) is 3. The average molecular weight is 520 g/mol. The first-order chi connectivity index (χ1) is 16.7. The number of halogens is 3. The van der Waals surface area contributed by atoms with E-state index in [9.17, 15) is 26.8 Å². The van der Waals surface area contributed by atoms with E-state index in [4.69, 9.17) is 5.73 Å². The van der Waals surface area contributed by atoms with Gasteiger partial charge in [-0.1, -0.05) is 50.2 Å². The summed E-state index contributed by atoms with van der Waals surface area (Å²) < 4.78 is 68.8. The van der Waals surface area contributed by atoms with Crippen molar-refractivity contribution in [2.75, 3.05) is 9.62 Å². The van der Waals surface area contributed by atoms with Gasteiger partial charge >= 0.3 is 6.18 Å². The fourth-order valence-electron chi connectivity index (χ4n) is 3.88. The molecule has 0 radical (unpaired) electrons. The molecule has 0 spiro atoms. The van der Waals surface area contributed by atoms with Crippen molar-refractivity contribution in [3.8, 4) is 0 Å². The van der Waals surface area contributed by atoms with Crippen molar-refractivity contribution in [3.05, 3.63) is 77.0 Å². The fourth-order valence-corrected chi connectivity index (χ4v) is 5.36. The van der Waals surface area contributed by atoms with Gasteiger partial charge in [-0.25, -0.2) is 13.4 Å². The molecule has 1 aliphatic heterocycles. The van der Waals surface area contributed by atoms with Crippen LogP contribution < -0.4 is 15.4 Å². The number of benzene rings is 2. The van der Waals surface area contributed by atoms with Crippen LogP contribution in [0.3, 0.4) is 0 Å². The third-order valence-corrected chi connectivity index (χ3v) is 7.57. The van der Waals surface area contributed by atoms with Gasteiger partial charge in [0.2, 0.25) is 0 Å². The zero-order valence-electron chi connectivity index (χ0n) is 19.6. The highest BCUT2D eigenvalue weighted by molar-refractivity contribution is 7.92. The maximum absolute atomic E-state index is 13.9. The molecule has 4 N–H and O–H groups in total. The molecular weight excluding hydrogens is 495 g/mol. The molecule has 4 rings (SSSR count). The SMILES string of the molecule is CC(C)(C)c1ccc(S(=O)(=O)N2Cc3ccc(C(F)(F)F)nc3Nc3cccc(/C(N)=N/O)c32)cc1. The first-order valence-electron chi connectivity index (χ1n) is 10.8. The molecule has 8 nitrogen and oxygen atoms in total. The number of alkyl halides is 3. The molecule has 0 saturated carbocycles. The summed E-state index contributed by atoms with van der Waals surface area (Å²) >= 11 is 0. The fraction of sp³-hybridized carbons (Fsp3) is 0.250. The molecule has 0 fully saturated rings. The van der Waals surface area contributed by atoms with Gasteiger partial charge in [-0.3, -0.25) is 4.31 Å². The summed E-state index contributed by atoms with van der Waals surface area (Å²) in [5.74, 6) is -0.518. The van der Waals surface area contributed by atoms with Crippen LogP contribution in [0.1, 0.15) is 43.2 Å². The van der Waals surface area contributed by atoms with Crippen molar-refractivity contribution in [3.63, 3.8) is 0 Å². The maximum atomic E-state index is 13.9. The largest absolute Gasteiger partial charge is 0.433 e. The molecule has 0 unspecified atom stereocenters. The monoisotopic (exact) mass is 519 g/mol. The van der Waals surface area contributed by atoms with E-state index in [2.05, 4.69) is 15.5 Å². The molecule has 1 aliphatic rings. The van der Waals surface area contributed by atoms with Crippen LogP contribution in [0, 0.1) is 0 Å². The predicted octanol–water partition coefficient (Wildman–Crippen LogP) is 4.94. The van der Waals surface area contributed by atoms with E-state index in [0.29, 0.717) is 0 Å². The molecule has 190 valence electrons. The summed E-state index contributed by atoms with van der Waals surface area (Å²) in [5, 5.41) is 15.1. The van der Waals surface area contributed by atoms with E-state index < -0.39 is 21.9 Å². The molecule has 1 aromatic heterocycles. The van der Waals surface area contributed by atoms with Crippen LogP contribution in [0.2, 0.25) is 0 Å². The Morgan fingerprint density at radius 2 is 1.75 bits per heavy atom. The van der Waals surface area contributed by atoms with Crippen LogP contribution in [0.4, 0.5) is 30.4 Å². The molecule has 3 aromatic rings. The average Bonchev–Trinajstić information content (AvgIpc) is 2.99. The smallest absolute Gasteiger partial charge is 0.409 e. The number of hydrogen-bond acceptors (Lipinski definition) is 6. The minimum absolute atomic E-state index is 0.0132. The Balaban J connectivity index is 1.94. The number of aromatic nitrogens is 1. The van der Waals surface area contributed by atoms with Gasteiger partial charge in [-0.2, -0.15) is 13.2 Å². The zero-order chi connectivity index (χ0) is 26.5. The van der Waals surface area contributed by atoms with Crippen molar-refractivity contribution < 1.29 is 26.8 Å². The quantitative estimate of drug-likeness (QED) is 0.195. The van der Waals surface area contributed by atoms with Crippen LogP contribution in [-0.4, -0.2) is 24.4 Å². The Hall–Kier alpha value is -3.80. The number of oxime groups is 1. The van der Waals surface area contributed by atoms with E-state index in [-0.39, 0.29) is 51.0 Å². The summed E-state index contributed by atoms with van der Waals surface area (Å²) in [5.41, 5.74) is 5.86. The second kappa shape index (κ2) is 8.70. The molecule has 2 aromatic carbocycles. The van der Waals surface area contributed by atoms with Gasteiger partial charge in [0, 0.05) is 11.1 Å². The van der Waals surface area contributed by atoms with E-state index in [1.165, 1.54) is 36.4 Å².